The fourth-order valence-electron chi connectivity index (χ4n) is 1.37. The molecule has 0 saturated carbocycles. The number of hydrogen-bond acceptors (Lipinski definition) is 4. The summed E-state index contributed by atoms with van der Waals surface area (Å²) in [6, 6.07) is 0.206. The minimum atomic E-state index is 0.205. The molecule has 0 amide bonds. The third kappa shape index (κ3) is 4.17. The average molecular weight is 214 g/mol. The SMILES string of the molecule is CC(C)C[C@H](CO)NCc1cncs1. The van der Waals surface area contributed by atoms with Crippen LogP contribution in [0.1, 0.15) is 25.1 Å². The van der Waals surface area contributed by atoms with Gasteiger partial charge in [0.1, 0.15) is 0 Å². The average Bonchev–Trinajstić information content (AvgIpc) is 2.64. The summed E-state index contributed by atoms with van der Waals surface area (Å²) in [7, 11) is 0. The van der Waals surface area contributed by atoms with Crippen LogP contribution in [0.25, 0.3) is 0 Å². The Bertz CT molecular complexity index is 236. The van der Waals surface area contributed by atoms with Crippen LogP contribution in [0.5, 0.6) is 0 Å². The van der Waals surface area contributed by atoms with E-state index in [0.29, 0.717) is 5.92 Å². The molecule has 0 spiro atoms. The van der Waals surface area contributed by atoms with E-state index in [1.807, 2.05) is 11.7 Å². The van der Waals surface area contributed by atoms with Crippen LogP contribution >= 0.6 is 11.3 Å². The summed E-state index contributed by atoms with van der Waals surface area (Å²) in [4.78, 5) is 5.22. The second kappa shape index (κ2) is 6.11. The Morgan fingerprint density at radius 1 is 1.57 bits per heavy atom. The molecule has 0 aliphatic carbocycles. The van der Waals surface area contributed by atoms with Crippen molar-refractivity contribution >= 4 is 11.3 Å². The summed E-state index contributed by atoms with van der Waals surface area (Å²) in [5.41, 5.74) is 1.83. The summed E-state index contributed by atoms with van der Waals surface area (Å²) in [6.45, 7) is 5.34. The highest BCUT2D eigenvalue weighted by atomic mass is 32.1. The lowest BCUT2D eigenvalue weighted by molar-refractivity contribution is 0.224. The van der Waals surface area contributed by atoms with E-state index in [9.17, 15) is 0 Å². The molecule has 14 heavy (non-hydrogen) atoms. The molecule has 1 rings (SSSR count). The Kier molecular flexibility index (Phi) is 5.07. The van der Waals surface area contributed by atoms with Gasteiger partial charge in [-0.05, 0) is 12.3 Å². The summed E-state index contributed by atoms with van der Waals surface area (Å²) in [5.74, 6) is 0.612. The first-order valence-electron chi connectivity index (χ1n) is 4.94. The molecule has 0 saturated heterocycles. The lowest BCUT2D eigenvalue weighted by Gasteiger charge is -2.17. The maximum absolute atomic E-state index is 9.13. The normalized spacial score (nSPS) is 13.4. The number of aromatic nitrogens is 1. The Hall–Kier alpha value is -0.450. The predicted molar refractivity (Wildman–Crippen MR) is 59.3 cm³/mol. The zero-order valence-corrected chi connectivity index (χ0v) is 9.55. The number of hydrogen-bond donors (Lipinski definition) is 2. The second-order valence-electron chi connectivity index (χ2n) is 3.86. The molecule has 80 valence electrons. The van der Waals surface area contributed by atoms with Crippen molar-refractivity contribution in [1.29, 1.82) is 0 Å². The van der Waals surface area contributed by atoms with Gasteiger partial charge in [-0.2, -0.15) is 0 Å². The third-order valence-corrected chi connectivity index (χ3v) is 2.80. The third-order valence-electron chi connectivity index (χ3n) is 2.02. The van der Waals surface area contributed by atoms with E-state index < -0.39 is 0 Å². The number of aliphatic hydroxyl groups is 1. The molecule has 0 fully saturated rings. The van der Waals surface area contributed by atoms with Crippen LogP contribution in [-0.4, -0.2) is 22.7 Å². The Morgan fingerprint density at radius 3 is 2.86 bits per heavy atom. The van der Waals surface area contributed by atoms with Crippen molar-refractivity contribution in [3.05, 3.63) is 16.6 Å². The molecule has 0 bridgehead atoms. The Labute approximate surface area is 89.2 Å². The number of nitrogens with zero attached hydrogens (tertiary/aromatic N) is 1. The molecule has 0 unspecified atom stereocenters. The standard InChI is InChI=1S/C10H18N2OS/c1-8(2)3-9(6-13)12-5-10-4-11-7-14-10/h4,7-9,12-13H,3,5-6H2,1-2H3/t9-/m1/s1. The number of aliphatic hydroxyl groups excluding tert-OH is 1. The van der Waals surface area contributed by atoms with Crippen molar-refractivity contribution in [1.82, 2.24) is 10.3 Å². The van der Waals surface area contributed by atoms with E-state index in [-0.39, 0.29) is 12.6 Å². The monoisotopic (exact) mass is 214 g/mol. The van der Waals surface area contributed by atoms with E-state index in [0.717, 1.165) is 13.0 Å². The van der Waals surface area contributed by atoms with Crippen LogP contribution in [0.4, 0.5) is 0 Å². The topological polar surface area (TPSA) is 45.1 Å². The van der Waals surface area contributed by atoms with Crippen molar-refractivity contribution in [2.45, 2.75) is 32.9 Å². The fourth-order valence-corrected chi connectivity index (χ4v) is 1.91. The number of thiazole rings is 1. The smallest absolute Gasteiger partial charge is 0.0794 e. The van der Waals surface area contributed by atoms with Gasteiger partial charge in [0.15, 0.2) is 0 Å². The van der Waals surface area contributed by atoms with E-state index in [1.54, 1.807) is 11.3 Å². The van der Waals surface area contributed by atoms with Gasteiger partial charge in [0.2, 0.25) is 0 Å². The van der Waals surface area contributed by atoms with Crippen molar-refractivity contribution < 1.29 is 5.11 Å². The molecule has 0 aromatic carbocycles. The highest BCUT2D eigenvalue weighted by Crippen LogP contribution is 2.08. The quantitative estimate of drug-likeness (QED) is 0.756. The van der Waals surface area contributed by atoms with Gasteiger partial charge in [0, 0.05) is 23.7 Å². The number of nitrogens with one attached hydrogen (secondary N) is 1. The van der Waals surface area contributed by atoms with Crippen LogP contribution in [-0.2, 0) is 6.54 Å². The van der Waals surface area contributed by atoms with Gasteiger partial charge >= 0.3 is 0 Å². The highest BCUT2D eigenvalue weighted by Gasteiger charge is 2.08. The first-order chi connectivity index (χ1) is 6.72. The molecule has 1 atom stereocenters. The maximum atomic E-state index is 9.13. The molecule has 2 N–H and O–H groups in total. The van der Waals surface area contributed by atoms with Crippen molar-refractivity contribution in [2.75, 3.05) is 6.61 Å². The minimum absolute atomic E-state index is 0.205. The van der Waals surface area contributed by atoms with Gasteiger partial charge in [-0.3, -0.25) is 4.98 Å². The van der Waals surface area contributed by atoms with E-state index in [2.05, 4.69) is 24.1 Å². The second-order valence-corrected chi connectivity index (χ2v) is 4.83. The largest absolute Gasteiger partial charge is 0.395 e. The summed E-state index contributed by atoms with van der Waals surface area (Å²) >= 11 is 1.64. The molecule has 3 nitrogen and oxygen atoms in total. The van der Waals surface area contributed by atoms with E-state index in [4.69, 9.17) is 5.11 Å². The summed E-state index contributed by atoms with van der Waals surface area (Å²) < 4.78 is 0. The van der Waals surface area contributed by atoms with E-state index >= 15 is 0 Å². The van der Waals surface area contributed by atoms with Crippen LogP contribution in [0.2, 0.25) is 0 Å². The van der Waals surface area contributed by atoms with Gasteiger partial charge in [-0.25, -0.2) is 0 Å². The van der Waals surface area contributed by atoms with Crippen LogP contribution in [0, 0.1) is 5.92 Å². The first kappa shape index (κ1) is 11.6. The van der Waals surface area contributed by atoms with Gasteiger partial charge in [-0.15, -0.1) is 11.3 Å². The molecule has 1 heterocycles. The molecule has 0 aliphatic rings. The van der Waals surface area contributed by atoms with Crippen molar-refractivity contribution in [3.8, 4) is 0 Å². The van der Waals surface area contributed by atoms with Gasteiger partial charge in [0.25, 0.3) is 0 Å². The van der Waals surface area contributed by atoms with Gasteiger partial charge < -0.3 is 10.4 Å². The van der Waals surface area contributed by atoms with Crippen LogP contribution in [0.15, 0.2) is 11.7 Å². The molecule has 1 aromatic heterocycles. The van der Waals surface area contributed by atoms with Crippen molar-refractivity contribution in [3.63, 3.8) is 0 Å². The lowest BCUT2D eigenvalue weighted by Crippen LogP contribution is -2.32. The van der Waals surface area contributed by atoms with Gasteiger partial charge in [0.05, 0.1) is 12.1 Å². The number of rotatable bonds is 6. The summed E-state index contributed by atoms with van der Waals surface area (Å²) in [6.07, 6.45) is 2.87. The van der Waals surface area contributed by atoms with Crippen LogP contribution in [0.3, 0.4) is 0 Å². The van der Waals surface area contributed by atoms with Crippen molar-refractivity contribution in [2.24, 2.45) is 5.92 Å². The molecule has 1 aromatic rings. The fraction of sp³-hybridized carbons (Fsp3) is 0.700. The van der Waals surface area contributed by atoms with Crippen LogP contribution < -0.4 is 5.32 Å². The minimum Gasteiger partial charge on any atom is -0.395 e. The lowest BCUT2D eigenvalue weighted by atomic mass is 10.0. The van der Waals surface area contributed by atoms with E-state index in [1.165, 1.54) is 4.88 Å². The zero-order valence-electron chi connectivity index (χ0n) is 8.73. The highest BCUT2D eigenvalue weighted by molar-refractivity contribution is 7.09. The maximum Gasteiger partial charge on any atom is 0.0794 e. The Balaban J connectivity index is 2.27. The molecule has 0 aliphatic heterocycles. The molecule has 4 heteroatoms. The predicted octanol–water partition coefficient (Wildman–Crippen LogP) is 1.64. The molecular weight excluding hydrogens is 196 g/mol. The first-order valence-corrected chi connectivity index (χ1v) is 5.82. The zero-order chi connectivity index (χ0) is 10.4. The Morgan fingerprint density at radius 2 is 2.36 bits per heavy atom. The molecule has 0 radical (unpaired) electrons. The molecular formula is C10H18N2OS. The summed E-state index contributed by atoms with van der Waals surface area (Å²) in [5, 5.41) is 12.5. The van der Waals surface area contributed by atoms with Gasteiger partial charge in [-0.1, -0.05) is 13.8 Å².